The number of nitrogens with zero attached hydrogens (tertiary/aromatic N) is 5. The van der Waals surface area contributed by atoms with Crippen LogP contribution in [0.1, 0.15) is 24.0 Å². The zero-order valence-electron chi connectivity index (χ0n) is 18.1. The van der Waals surface area contributed by atoms with Gasteiger partial charge in [0.25, 0.3) is 5.56 Å². The van der Waals surface area contributed by atoms with E-state index >= 15 is 0 Å². The lowest BCUT2D eigenvalue weighted by molar-refractivity contribution is -0.127. The number of hydrogen-bond donors (Lipinski definition) is 0. The molecule has 0 spiro atoms. The molecular formula is C22H25N5O3S. The average molecular weight is 440 g/mol. The second kappa shape index (κ2) is 8.30. The molecular weight excluding hydrogens is 414 g/mol. The van der Waals surface area contributed by atoms with Crippen LogP contribution in [-0.2, 0) is 18.9 Å². The molecule has 4 rings (SSSR count). The Hall–Kier alpha value is -2.94. The van der Waals surface area contributed by atoms with E-state index in [1.807, 2.05) is 30.9 Å². The Kier molecular flexibility index (Phi) is 5.70. The zero-order valence-corrected chi connectivity index (χ0v) is 19.0. The lowest BCUT2D eigenvalue weighted by atomic mass is 10.1. The van der Waals surface area contributed by atoms with Crippen molar-refractivity contribution < 1.29 is 4.79 Å². The number of likely N-dealkylation sites (tertiary alicyclic amines) is 1. The summed E-state index contributed by atoms with van der Waals surface area (Å²) in [6.07, 6.45) is 2.04. The van der Waals surface area contributed by atoms with Crippen LogP contribution in [0, 0.1) is 13.8 Å². The summed E-state index contributed by atoms with van der Waals surface area (Å²) in [6, 6.07) is 5.99. The van der Waals surface area contributed by atoms with Crippen LogP contribution >= 0.6 is 11.8 Å². The summed E-state index contributed by atoms with van der Waals surface area (Å²) in [5, 5.41) is 0.680. The van der Waals surface area contributed by atoms with Crippen LogP contribution in [-0.4, -0.2) is 48.8 Å². The highest BCUT2D eigenvalue weighted by atomic mass is 32.2. The Morgan fingerprint density at radius 3 is 2.29 bits per heavy atom. The summed E-state index contributed by atoms with van der Waals surface area (Å²) < 4.78 is 2.41. The van der Waals surface area contributed by atoms with Gasteiger partial charge in [-0.2, -0.15) is 0 Å². The number of amides is 1. The predicted molar refractivity (Wildman–Crippen MR) is 121 cm³/mol. The van der Waals surface area contributed by atoms with Crippen molar-refractivity contribution in [2.24, 2.45) is 14.1 Å². The van der Waals surface area contributed by atoms with E-state index in [4.69, 9.17) is 0 Å². The van der Waals surface area contributed by atoms with Crippen molar-refractivity contribution in [2.45, 2.75) is 31.7 Å². The molecule has 1 aromatic carbocycles. The van der Waals surface area contributed by atoms with Crippen LogP contribution in [0.4, 0.5) is 0 Å². The van der Waals surface area contributed by atoms with E-state index in [2.05, 4.69) is 16.0 Å². The maximum atomic E-state index is 12.9. The standard InChI is InChI=1S/C22H25N5O3S/c1-13-9-14(2)11-15(10-13)18-23-19-17(21(29)26(4)22(30)25(19)3)20(24-18)31-12-16(28)27-7-5-6-8-27/h9-11H,5-8,12H2,1-4H3. The van der Waals surface area contributed by atoms with Crippen LogP contribution in [0.5, 0.6) is 0 Å². The van der Waals surface area contributed by atoms with Crippen LogP contribution in [0.15, 0.2) is 32.8 Å². The van der Waals surface area contributed by atoms with Gasteiger partial charge >= 0.3 is 5.69 Å². The number of carbonyl (C=O) groups is 1. The van der Waals surface area contributed by atoms with Crippen molar-refractivity contribution in [3.8, 4) is 11.4 Å². The minimum Gasteiger partial charge on any atom is -0.342 e. The Morgan fingerprint density at radius 2 is 1.65 bits per heavy atom. The summed E-state index contributed by atoms with van der Waals surface area (Å²) in [5.74, 6) is 0.646. The molecule has 3 aromatic rings. The number of aromatic nitrogens is 4. The molecule has 1 saturated heterocycles. The van der Waals surface area contributed by atoms with E-state index in [9.17, 15) is 14.4 Å². The van der Waals surface area contributed by atoms with Gasteiger partial charge in [0.1, 0.15) is 10.4 Å². The van der Waals surface area contributed by atoms with Crippen LogP contribution in [0.2, 0.25) is 0 Å². The number of thioether (sulfide) groups is 1. The van der Waals surface area contributed by atoms with E-state index in [0.29, 0.717) is 10.9 Å². The summed E-state index contributed by atoms with van der Waals surface area (Å²) in [5.41, 5.74) is 2.30. The highest BCUT2D eigenvalue weighted by molar-refractivity contribution is 8.00. The average Bonchev–Trinajstić information content (AvgIpc) is 3.28. The van der Waals surface area contributed by atoms with Crippen molar-refractivity contribution in [3.63, 3.8) is 0 Å². The molecule has 1 amide bonds. The summed E-state index contributed by atoms with van der Waals surface area (Å²) >= 11 is 1.23. The maximum absolute atomic E-state index is 12.9. The number of rotatable bonds is 4. The first-order chi connectivity index (χ1) is 14.8. The molecule has 162 valence electrons. The fourth-order valence-electron chi connectivity index (χ4n) is 3.95. The molecule has 9 heteroatoms. The van der Waals surface area contributed by atoms with Crippen LogP contribution in [0.3, 0.4) is 0 Å². The third-order valence-corrected chi connectivity index (χ3v) is 6.50. The number of fused-ring (bicyclic) bond motifs is 1. The largest absolute Gasteiger partial charge is 0.342 e. The SMILES string of the molecule is Cc1cc(C)cc(-c2nc(SCC(=O)N3CCCC3)c3c(=O)n(C)c(=O)n(C)c3n2)c1. The molecule has 1 fully saturated rings. The second-order valence-electron chi connectivity index (χ2n) is 8.01. The lowest BCUT2D eigenvalue weighted by Crippen LogP contribution is -2.37. The van der Waals surface area contributed by atoms with Gasteiger partial charge < -0.3 is 4.90 Å². The fraction of sp³-hybridized carbons (Fsp3) is 0.409. The Labute approximate surface area is 183 Å². The summed E-state index contributed by atoms with van der Waals surface area (Å²) in [6.45, 7) is 5.53. The molecule has 0 unspecified atom stereocenters. The van der Waals surface area contributed by atoms with E-state index in [-0.39, 0.29) is 22.7 Å². The Bertz CT molecular complexity index is 1280. The van der Waals surface area contributed by atoms with Gasteiger partial charge in [0.15, 0.2) is 11.5 Å². The van der Waals surface area contributed by atoms with Gasteiger partial charge in [0, 0.05) is 32.7 Å². The normalized spacial score (nSPS) is 13.9. The van der Waals surface area contributed by atoms with Crippen molar-refractivity contribution in [1.29, 1.82) is 0 Å². The number of carbonyl (C=O) groups excluding carboxylic acids is 1. The first-order valence-corrected chi connectivity index (χ1v) is 11.2. The van der Waals surface area contributed by atoms with Gasteiger partial charge in [0.2, 0.25) is 5.91 Å². The molecule has 0 atom stereocenters. The van der Waals surface area contributed by atoms with E-state index < -0.39 is 11.2 Å². The fourth-order valence-corrected chi connectivity index (χ4v) is 4.87. The minimum absolute atomic E-state index is 0.0313. The van der Waals surface area contributed by atoms with Gasteiger partial charge in [-0.3, -0.25) is 18.7 Å². The Balaban J connectivity index is 1.88. The first kappa shape index (κ1) is 21.3. The zero-order chi connectivity index (χ0) is 22.3. The number of aryl methyl sites for hydroxylation is 3. The van der Waals surface area contributed by atoms with Crippen molar-refractivity contribution in [3.05, 3.63) is 50.2 Å². The lowest BCUT2D eigenvalue weighted by Gasteiger charge is -2.16. The molecule has 2 aromatic heterocycles. The van der Waals surface area contributed by atoms with Gasteiger partial charge in [-0.15, -0.1) is 0 Å². The van der Waals surface area contributed by atoms with E-state index in [1.165, 1.54) is 23.4 Å². The van der Waals surface area contributed by atoms with Crippen molar-refractivity contribution >= 4 is 28.7 Å². The molecule has 0 radical (unpaired) electrons. The summed E-state index contributed by atoms with van der Waals surface area (Å²) in [7, 11) is 3.03. The topological polar surface area (TPSA) is 90.1 Å². The van der Waals surface area contributed by atoms with Gasteiger partial charge in [-0.1, -0.05) is 29.0 Å². The molecule has 0 N–H and O–H groups in total. The molecule has 0 saturated carbocycles. The van der Waals surface area contributed by atoms with E-state index in [1.54, 1.807) is 7.05 Å². The van der Waals surface area contributed by atoms with Crippen molar-refractivity contribution in [1.82, 2.24) is 24.0 Å². The van der Waals surface area contributed by atoms with Crippen LogP contribution < -0.4 is 11.2 Å². The third kappa shape index (κ3) is 4.01. The molecule has 8 nitrogen and oxygen atoms in total. The molecule has 3 heterocycles. The Morgan fingerprint density at radius 1 is 1.00 bits per heavy atom. The molecule has 1 aliphatic rings. The third-order valence-electron chi connectivity index (χ3n) is 5.54. The number of hydrogen-bond acceptors (Lipinski definition) is 6. The first-order valence-electron chi connectivity index (χ1n) is 10.2. The minimum atomic E-state index is -0.457. The highest BCUT2D eigenvalue weighted by Gasteiger charge is 2.22. The highest BCUT2D eigenvalue weighted by Crippen LogP contribution is 2.27. The predicted octanol–water partition coefficient (Wildman–Crippen LogP) is 2.03. The molecule has 31 heavy (non-hydrogen) atoms. The second-order valence-corrected chi connectivity index (χ2v) is 8.97. The molecule has 0 aliphatic carbocycles. The van der Waals surface area contributed by atoms with Crippen LogP contribution in [0.25, 0.3) is 22.4 Å². The maximum Gasteiger partial charge on any atom is 0.332 e. The number of benzene rings is 1. The van der Waals surface area contributed by atoms with Gasteiger partial charge in [0.05, 0.1) is 5.75 Å². The monoisotopic (exact) mass is 439 g/mol. The van der Waals surface area contributed by atoms with Gasteiger partial charge in [-0.05, 0) is 38.8 Å². The smallest absolute Gasteiger partial charge is 0.332 e. The summed E-state index contributed by atoms with van der Waals surface area (Å²) in [4.78, 5) is 49.1. The molecule has 1 aliphatic heterocycles. The quantitative estimate of drug-likeness (QED) is 0.456. The van der Waals surface area contributed by atoms with E-state index in [0.717, 1.165) is 47.2 Å². The van der Waals surface area contributed by atoms with Gasteiger partial charge in [-0.25, -0.2) is 14.8 Å². The van der Waals surface area contributed by atoms with Crippen molar-refractivity contribution in [2.75, 3.05) is 18.8 Å². The molecule has 0 bridgehead atoms.